The third-order valence-corrected chi connectivity index (χ3v) is 8.06. The predicted molar refractivity (Wildman–Crippen MR) is 136 cm³/mol. The van der Waals surface area contributed by atoms with Crippen molar-refractivity contribution < 1.29 is 22.8 Å². The first-order chi connectivity index (χ1) is 16.8. The van der Waals surface area contributed by atoms with Crippen LogP contribution in [0.4, 0.5) is 18.9 Å². The van der Waals surface area contributed by atoms with E-state index in [0.29, 0.717) is 23.8 Å². The largest absolute Gasteiger partial charge is 0.416 e. The number of hydrogen-bond acceptors (Lipinski definition) is 4. The number of carbonyl (C=O) groups is 2. The van der Waals surface area contributed by atoms with Crippen LogP contribution in [0.15, 0.2) is 12.1 Å². The van der Waals surface area contributed by atoms with Crippen LogP contribution in [0.5, 0.6) is 0 Å². The van der Waals surface area contributed by atoms with Gasteiger partial charge in [0, 0.05) is 42.5 Å². The fourth-order valence-corrected chi connectivity index (χ4v) is 5.89. The maximum atomic E-state index is 13.9. The van der Waals surface area contributed by atoms with Crippen molar-refractivity contribution >= 4 is 17.5 Å². The Bertz CT molecular complexity index is 942. The van der Waals surface area contributed by atoms with E-state index in [1.54, 1.807) is 6.92 Å². The van der Waals surface area contributed by atoms with Crippen molar-refractivity contribution in [1.82, 2.24) is 15.5 Å². The van der Waals surface area contributed by atoms with Crippen LogP contribution in [0.1, 0.15) is 74.4 Å². The minimum absolute atomic E-state index is 0.0116. The molecular weight excluding hydrogens is 469 g/mol. The molecule has 1 saturated carbocycles. The molecule has 3 atom stereocenters. The van der Waals surface area contributed by atoms with E-state index >= 15 is 0 Å². The molecule has 2 N–H and O–H groups in total. The monoisotopic (exact) mass is 510 g/mol. The average Bonchev–Trinajstić information content (AvgIpc) is 2.79. The van der Waals surface area contributed by atoms with Crippen LogP contribution in [-0.4, -0.2) is 62.0 Å². The lowest BCUT2D eigenvalue weighted by molar-refractivity contribution is -0.137. The number of amides is 2. The molecule has 1 heterocycles. The summed E-state index contributed by atoms with van der Waals surface area (Å²) in [7, 11) is 4.12. The van der Waals surface area contributed by atoms with Gasteiger partial charge in [0.2, 0.25) is 5.91 Å². The van der Waals surface area contributed by atoms with Gasteiger partial charge in [-0.25, -0.2) is 0 Å². The second-order valence-electron chi connectivity index (χ2n) is 10.8. The first kappa shape index (κ1) is 28.3. The number of nitrogens with zero attached hydrogens (tertiary/aromatic N) is 2. The maximum absolute atomic E-state index is 13.9. The number of hydrogen-bond donors (Lipinski definition) is 2. The third kappa shape index (κ3) is 6.33. The molecule has 2 amide bonds. The number of halogens is 3. The van der Waals surface area contributed by atoms with Crippen molar-refractivity contribution in [3.8, 4) is 0 Å². The Morgan fingerprint density at radius 2 is 1.72 bits per heavy atom. The zero-order valence-corrected chi connectivity index (χ0v) is 22.3. The van der Waals surface area contributed by atoms with Gasteiger partial charge in [0.05, 0.1) is 11.5 Å². The Hall–Kier alpha value is -2.29. The first-order valence-corrected chi connectivity index (χ1v) is 13.1. The second kappa shape index (κ2) is 11.4. The standard InChI is InChI=1S/C27H41F3N4O2/c1-7-34(21-10-8-20(9-11-21)33(5)6)24-14-19(27(28,29)30)13-22(18(24)4)25(35)31-15-23-16(2)12-17(3)32-26(23)36/h13-14,16-17,20-21,23H,7-12,15H2,1-6H3,(H,31,35)(H,32,36). The molecule has 0 spiro atoms. The van der Waals surface area contributed by atoms with E-state index in [1.165, 1.54) is 6.07 Å². The summed E-state index contributed by atoms with van der Waals surface area (Å²) in [5.74, 6) is -1.05. The van der Waals surface area contributed by atoms with Crippen LogP contribution >= 0.6 is 0 Å². The fourth-order valence-electron chi connectivity index (χ4n) is 5.89. The van der Waals surface area contributed by atoms with Crippen LogP contribution in [0.25, 0.3) is 0 Å². The molecule has 1 saturated heterocycles. The van der Waals surface area contributed by atoms with Crippen molar-refractivity contribution in [3.05, 3.63) is 28.8 Å². The Balaban J connectivity index is 1.87. The summed E-state index contributed by atoms with van der Waals surface area (Å²) < 4.78 is 41.7. The molecule has 36 heavy (non-hydrogen) atoms. The summed E-state index contributed by atoms with van der Waals surface area (Å²) >= 11 is 0. The van der Waals surface area contributed by atoms with E-state index in [1.807, 2.05) is 25.7 Å². The number of piperidine rings is 1. The Kier molecular flexibility index (Phi) is 8.96. The molecule has 1 aliphatic heterocycles. The highest BCUT2D eigenvalue weighted by atomic mass is 19.4. The highest BCUT2D eigenvalue weighted by Crippen LogP contribution is 2.38. The third-order valence-electron chi connectivity index (χ3n) is 8.06. The lowest BCUT2D eigenvalue weighted by Gasteiger charge is -2.40. The summed E-state index contributed by atoms with van der Waals surface area (Å²) in [6, 6.07) is 2.80. The number of rotatable bonds is 7. The van der Waals surface area contributed by atoms with E-state index in [2.05, 4.69) is 29.6 Å². The zero-order chi connectivity index (χ0) is 26.8. The summed E-state index contributed by atoms with van der Waals surface area (Å²) in [5, 5.41) is 5.65. The van der Waals surface area contributed by atoms with E-state index < -0.39 is 23.6 Å². The van der Waals surface area contributed by atoms with Gasteiger partial charge in [-0.05, 0) is 90.6 Å². The molecule has 0 aromatic heterocycles. The van der Waals surface area contributed by atoms with Crippen molar-refractivity contribution in [2.75, 3.05) is 32.1 Å². The molecule has 9 heteroatoms. The molecule has 0 radical (unpaired) electrons. The van der Waals surface area contributed by atoms with Gasteiger partial charge in [-0.3, -0.25) is 9.59 Å². The van der Waals surface area contributed by atoms with E-state index in [-0.39, 0.29) is 36.0 Å². The molecule has 3 rings (SSSR count). The van der Waals surface area contributed by atoms with Crippen LogP contribution < -0.4 is 15.5 Å². The average molecular weight is 511 g/mol. The first-order valence-electron chi connectivity index (χ1n) is 13.1. The Labute approximate surface area is 213 Å². The molecule has 1 aliphatic carbocycles. The topological polar surface area (TPSA) is 64.7 Å². The highest BCUT2D eigenvalue weighted by Gasteiger charge is 2.36. The Morgan fingerprint density at radius 3 is 2.25 bits per heavy atom. The van der Waals surface area contributed by atoms with Crippen molar-refractivity contribution in [3.63, 3.8) is 0 Å². The molecule has 0 bridgehead atoms. The van der Waals surface area contributed by atoms with Crippen molar-refractivity contribution in [2.24, 2.45) is 11.8 Å². The minimum Gasteiger partial charge on any atom is -0.369 e. The van der Waals surface area contributed by atoms with E-state index in [4.69, 9.17) is 0 Å². The molecule has 2 fully saturated rings. The van der Waals surface area contributed by atoms with Crippen LogP contribution in [0.2, 0.25) is 0 Å². The van der Waals surface area contributed by atoms with Crippen LogP contribution in [0.3, 0.4) is 0 Å². The lowest BCUT2D eigenvalue weighted by Crippen LogP contribution is -2.50. The van der Waals surface area contributed by atoms with Crippen molar-refractivity contribution in [2.45, 2.75) is 84.1 Å². The molecule has 202 valence electrons. The van der Waals surface area contributed by atoms with Gasteiger partial charge >= 0.3 is 6.18 Å². The normalized spacial score (nSPS) is 27.1. The summed E-state index contributed by atoms with van der Waals surface area (Å²) in [6.45, 7) is 8.21. The summed E-state index contributed by atoms with van der Waals surface area (Å²) in [4.78, 5) is 29.8. The van der Waals surface area contributed by atoms with Gasteiger partial charge in [-0.1, -0.05) is 6.92 Å². The van der Waals surface area contributed by atoms with Crippen LogP contribution in [-0.2, 0) is 11.0 Å². The SMILES string of the molecule is CCN(c1cc(C(F)(F)F)cc(C(=O)NCC2C(=O)NC(C)CC2C)c1C)C1CCC(N(C)C)CC1. The zero-order valence-electron chi connectivity index (χ0n) is 22.3. The van der Waals surface area contributed by atoms with E-state index in [0.717, 1.165) is 38.2 Å². The minimum atomic E-state index is -4.58. The van der Waals surface area contributed by atoms with Gasteiger partial charge in [0.1, 0.15) is 0 Å². The van der Waals surface area contributed by atoms with Gasteiger partial charge in [-0.2, -0.15) is 13.2 Å². The van der Waals surface area contributed by atoms with Crippen molar-refractivity contribution in [1.29, 1.82) is 0 Å². The molecular formula is C27H41F3N4O2. The number of carbonyl (C=O) groups excluding carboxylic acids is 2. The number of anilines is 1. The smallest absolute Gasteiger partial charge is 0.369 e. The fraction of sp³-hybridized carbons (Fsp3) is 0.704. The molecule has 1 aromatic rings. The number of benzene rings is 1. The molecule has 3 unspecified atom stereocenters. The number of nitrogens with one attached hydrogen (secondary N) is 2. The summed E-state index contributed by atoms with van der Waals surface area (Å²) in [5.41, 5.74) is 0.180. The molecule has 2 aliphatic rings. The van der Waals surface area contributed by atoms with Gasteiger partial charge in [0.25, 0.3) is 5.91 Å². The second-order valence-corrected chi connectivity index (χ2v) is 10.8. The molecule has 1 aromatic carbocycles. The quantitative estimate of drug-likeness (QED) is 0.563. The van der Waals surface area contributed by atoms with Gasteiger partial charge in [-0.15, -0.1) is 0 Å². The lowest BCUT2D eigenvalue weighted by atomic mass is 9.84. The number of alkyl halides is 3. The van der Waals surface area contributed by atoms with Gasteiger partial charge in [0.15, 0.2) is 0 Å². The Morgan fingerprint density at radius 1 is 1.11 bits per heavy atom. The predicted octanol–water partition coefficient (Wildman–Crippen LogP) is 4.60. The highest BCUT2D eigenvalue weighted by molar-refractivity contribution is 5.97. The molecule has 6 nitrogen and oxygen atoms in total. The van der Waals surface area contributed by atoms with Gasteiger partial charge < -0.3 is 20.4 Å². The van der Waals surface area contributed by atoms with E-state index in [9.17, 15) is 22.8 Å². The summed E-state index contributed by atoms with van der Waals surface area (Å²) in [6.07, 6.45) is -0.0323. The maximum Gasteiger partial charge on any atom is 0.416 e. The van der Waals surface area contributed by atoms with Crippen LogP contribution in [0, 0.1) is 18.8 Å².